The van der Waals surface area contributed by atoms with Crippen LogP contribution in [0.5, 0.6) is 11.5 Å². The maximum atomic E-state index is 13.2. The number of nitrogens with zero attached hydrogens (tertiary/aromatic N) is 1. The van der Waals surface area contributed by atoms with Crippen LogP contribution in [-0.2, 0) is 22.6 Å². The first-order chi connectivity index (χ1) is 16.0. The van der Waals surface area contributed by atoms with E-state index in [1.54, 1.807) is 55.6 Å². The molecule has 0 aliphatic carbocycles. The molecule has 2 aliphatic rings. The first kappa shape index (κ1) is 20.9. The lowest BCUT2D eigenvalue weighted by atomic mass is 9.94. The molecule has 7 heteroatoms. The number of likely N-dealkylation sites (tertiary alicyclic amines) is 1. The molecule has 33 heavy (non-hydrogen) atoms. The van der Waals surface area contributed by atoms with Gasteiger partial charge in [-0.1, -0.05) is 12.1 Å². The van der Waals surface area contributed by atoms with Gasteiger partial charge in [-0.15, -0.1) is 0 Å². The van der Waals surface area contributed by atoms with Crippen molar-refractivity contribution in [3.8, 4) is 11.5 Å². The number of hydrogen-bond donors (Lipinski definition) is 1. The molecule has 7 nitrogen and oxygen atoms in total. The highest BCUT2D eigenvalue weighted by Gasteiger charge is 2.46. The zero-order valence-electron chi connectivity index (χ0n) is 18.3. The standard InChI is InChI=1S/C26H23NO6/c1-15-12-18-13-17(7-10-21(18)33-15)24(28)22-23(16-5-8-19(31-2)9-6-16)27(26(30)25(22)29)14-20-4-3-11-32-20/h3-11,13,15,23,28H,12,14H2,1-2H3/b24-22+/t15-,23-/m1/s1. The van der Waals surface area contributed by atoms with E-state index in [2.05, 4.69) is 0 Å². The summed E-state index contributed by atoms with van der Waals surface area (Å²) in [5.74, 6) is 0.327. The molecule has 5 rings (SSSR count). The minimum absolute atomic E-state index is 0.0450. The Hall–Kier alpha value is -4.00. The lowest BCUT2D eigenvalue weighted by Crippen LogP contribution is -2.29. The van der Waals surface area contributed by atoms with Crippen molar-refractivity contribution < 1.29 is 28.6 Å². The molecule has 0 spiro atoms. The molecule has 1 fully saturated rings. The van der Waals surface area contributed by atoms with Gasteiger partial charge in [0.05, 0.1) is 31.5 Å². The summed E-state index contributed by atoms with van der Waals surface area (Å²) in [5.41, 5.74) is 2.16. The third kappa shape index (κ3) is 3.65. The van der Waals surface area contributed by atoms with E-state index in [1.807, 2.05) is 13.0 Å². The lowest BCUT2D eigenvalue weighted by molar-refractivity contribution is -0.140. The van der Waals surface area contributed by atoms with Crippen LogP contribution in [0.2, 0.25) is 0 Å². The highest BCUT2D eigenvalue weighted by atomic mass is 16.5. The highest BCUT2D eigenvalue weighted by Crippen LogP contribution is 2.41. The fourth-order valence-corrected chi connectivity index (χ4v) is 4.47. The van der Waals surface area contributed by atoms with Crippen molar-refractivity contribution in [2.45, 2.75) is 32.0 Å². The highest BCUT2D eigenvalue weighted by molar-refractivity contribution is 6.46. The summed E-state index contributed by atoms with van der Waals surface area (Å²) in [7, 11) is 1.57. The van der Waals surface area contributed by atoms with Crippen LogP contribution in [0, 0.1) is 0 Å². The predicted octanol–water partition coefficient (Wildman–Crippen LogP) is 4.23. The molecule has 2 aromatic carbocycles. The number of furan rings is 1. The van der Waals surface area contributed by atoms with Crippen molar-refractivity contribution in [2.75, 3.05) is 7.11 Å². The Labute approximate surface area is 190 Å². The first-order valence-electron chi connectivity index (χ1n) is 10.7. The van der Waals surface area contributed by atoms with Gasteiger partial charge in [0, 0.05) is 12.0 Å². The van der Waals surface area contributed by atoms with Gasteiger partial charge in [0.2, 0.25) is 0 Å². The monoisotopic (exact) mass is 445 g/mol. The molecule has 1 aromatic heterocycles. The Bertz CT molecular complexity index is 1240. The molecule has 168 valence electrons. The van der Waals surface area contributed by atoms with Crippen LogP contribution in [0.25, 0.3) is 5.76 Å². The van der Waals surface area contributed by atoms with Crippen molar-refractivity contribution in [3.63, 3.8) is 0 Å². The average molecular weight is 445 g/mol. The molecule has 0 bridgehead atoms. The number of fused-ring (bicyclic) bond motifs is 1. The van der Waals surface area contributed by atoms with E-state index in [4.69, 9.17) is 13.9 Å². The van der Waals surface area contributed by atoms with E-state index >= 15 is 0 Å². The van der Waals surface area contributed by atoms with Gasteiger partial charge in [0.15, 0.2) is 0 Å². The molecule has 0 saturated carbocycles. The molecule has 3 aromatic rings. The van der Waals surface area contributed by atoms with Gasteiger partial charge in [0.25, 0.3) is 11.7 Å². The van der Waals surface area contributed by atoms with E-state index in [0.29, 0.717) is 29.1 Å². The minimum atomic E-state index is -0.774. The molecule has 1 saturated heterocycles. The van der Waals surface area contributed by atoms with E-state index in [9.17, 15) is 14.7 Å². The summed E-state index contributed by atoms with van der Waals surface area (Å²) >= 11 is 0. The number of carbonyl (C=O) groups is 2. The van der Waals surface area contributed by atoms with E-state index < -0.39 is 17.7 Å². The smallest absolute Gasteiger partial charge is 0.296 e. The Morgan fingerprint density at radius 1 is 1.15 bits per heavy atom. The van der Waals surface area contributed by atoms with Gasteiger partial charge in [0.1, 0.15) is 29.1 Å². The molecular weight excluding hydrogens is 422 g/mol. The van der Waals surface area contributed by atoms with Gasteiger partial charge in [-0.2, -0.15) is 0 Å². The average Bonchev–Trinajstić information content (AvgIpc) is 3.53. The SMILES string of the molecule is COc1ccc([C@@H]2/C(=C(\O)c3ccc4c(c3)C[C@@H](C)O4)C(=O)C(=O)N2Cc2ccco2)cc1. The van der Waals surface area contributed by atoms with Gasteiger partial charge in [-0.3, -0.25) is 9.59 Å². The number of hydrogen-bond acceptors (Lipinski definition) is 6. The zero-order chi connectivity index (χ0) is 23.1. The molecular formula is C26H23NO6. The number of amides is 1. The summed E-state index contributed by atoms with van der Waals surface area (Å²) < 4.78 is 16.4. The number of aliphatic hydroxyl groups excluding tert-OH is 1. The Morgan fingerprint density at radius 2 is 1.94 bits per heavy atom. The number of Topliss-reactive ketones (excluding diaryl/α,β-unsaturated/α-hetero) is 1. The lowest BCUT2D eigenvalue weighted by Gasteiger charge is -2.24. The van der Waals surface area contributed by atoms with Crippen molar-refractivity contribution in [2.24, 2.45) is 0 Å². The fraction of sp³-hybridized carbons (Fsp3) is 0.231. The molecule has 1 N–H and O–H groups in total. The van der Waals surface area contributed by atoms with Crippen LogP contribution in [0.15, 0.2) is 70.9 Å². The zero-order valence-corrected chi connectivity index (χ0v) is 18.3. The van der Waals surface area contributed by atoms with Gasteiger partial charge < -0.3 is 23.9 Å². The van der Waals surface area contributed by atoms with E-state index in [-0.39, 0.29) is 24.0 Å². The molecule has 3 heterocycles. The third-order valence-corrected chi connectivity index (χ3v) is 6.05. The topological polar surface area (TPSA) is 89.2 Å². The van der Waals surface area contributed by atoms with Gasteiger partial charge in [-0.05, 0) is 60.5 Å². The van der Waals surface area contributed by atoms with Crippen LogP contribution in [0.4, 0.5) is 0 Å². The van der Waals surface area contributed by atoms with Crippen molar-refractivity contribution in [3.05, 3.63) is 88.9 Å². The summed E-state index contributed by atoms with van der Waals surface area (Å²) in [4.78, 5) is 27.6. The number of rotatable bonds is 5. The van der Waals surface area contributed by atoms with Crippen LogP contribution in [-0.4, -0.2) is 34.9 Å². The van der Waals surface area contributed by atoms with E-state index in [0.717, 1.165) is 11.3 Å². The normalized spacial score (nSPS) is 21.2. The molecule has 0 unspecified atom stereocenters. The second-order valence-electron chi connectivity index (χ2n) is 8.23. The van der Waals surface area contributed by atoms with Crippen molar-refractivity contribution in [1.29, 1.82) is 0 Å². The number of carbonyl (C=O) groups excluding carboxylic acids is 2. The molecule has 2 atom stereocenters. The Morgan fingerprint density at radius 3 is 2.64 bits per heavy atom. The second-order valence-corrected chi connectivity index (χ2v) is 8.23. The fourth-order valence-electron chi connectivity index (χ4n) is 4.47. The van der Waals surface area contributed by atoms with E-state index in [1.165, 1.54) is 11.2 Å². The first-order valence-corrected chi connectivity index (χ1v) is 10.7. The van der Waals surface area contributed by atoms with Gasteiger partial charge in [-0.25, -0.2) is 0 Å². The maximum Gasteiger partial charge on any atom is 0.296 e. The molecule has 0 radical (unpaired) electrons. The Kier molecular flexibility index (Phi) is 5.17. The second kappa shape index (κ2) is 8.16. The number of ether oxygens (including phenoxy) is 2. The number of benzene rings is 2. The number of ketones is 1. The number of methoxy groups -OCH3 is 1. The summed E-state index contributed by atoms with van der Waals surface area (Å²) in [6, 6.07) is 15.1. The summed E-state index contributed by atoms with van der Waals surface area (Å²) in [6.45, 7) is 2.07. The molecule has 2 aliphatic heterocycles. The Balaban J connectivity index is 1.62. The van der Waals surface area contributed by atoms with Crippen LogP contribution in [0.1, 0.15) is 35.4 Å². The minimum Gasteiger partial charge on any atom is -0.507 e. The van der Waals surface area contributed by atoms with Crippen LogP contribution >= 0.6 is 0 Å². The maximum absolute atomic E-state index is 13.2. The largest absolute Gasteiger partial charge is 0.507 e. The predicted molar refractivity (Wildman–Crippen MR) is 120 cm³/mol. The summed E-state index contributed by atoms with van der Waals surface area (Å²) in [5, 5.41) is 11.3. The van der Waals surface area contributed by atoms with Gasteiger partial charge >= 0.3 is 0 Å². The number of aliphatic hydroxyl groups is 1. The van der Waals surface area contributed by atoms with Crippen molar-refractivity contribution >= 4 is 17.4 Å². The van der Waals surface area contributed by atoms with Crippen LogP contribution in [0.3, 0.4) is 0 Å². The van der Waals surface area contributed by atoms with Crippen LogP contribution < -0.4 is 9.47 Å². The van der Waals surface area contributed by atoms with Crippen molar-refractivity contribution in [1.82, 2.24) is 4.90 Å². The quantitative estimate of drug-likeness (QED) is 0.359. The summed E-state index contributed by atoms with van der Waals surface area (Å²) in [6.07, 6.45) is 2.28. The molecule has 1 amide bonds. The third-order valence-electron chi connectivity index (χ3n) is 6.05.